The standard InChI is InChI=1S/2C50H30O/c1-3-16-35-31(12-1)14-9-23-39(35)47-41-18-5-7-20-43(41)48(44-21-8-6-19-42(44)47)40-24-10-15-33-30-34(26-28-36(33)40)38-22-11-25-45-50(38)49-37-17-4-2-13-32(37)27-29-46(49)51-45;1-2-13-33-29-36(24-23-31(33)11-1)47-41-16-5-7-18-43(41)48(44-19-8-6-17-42(44)47)40-21-9-14-34-30-35(25-27-37(34)40)39-20-10-22-45-50(39)49-38-15-4-3-12-32(38)26-28-46(49)51-45/h2*1-30H/i1D,2D,3D,4D,5D,6D,7D,8D,9D,10D,11D,12D,13D,14D,15D,16D,17D,18D,19D,20D,21D,22D,23D,24D,25D,26D,27D,28D,29D,30D;1D,2D,5D,6D,7D,8D,11D,13D,16D,17D,18D,19D,23D,24D,29D. The van der Waals surface area contributed by atoms with E-state index in [1.54, 1.807) is 12.1 Å². The van der Waals surface area contributed by atoms with Gasteiger partial charge in [0.15, 0.2) is 0 Å². The Balaban J connectivity index is 0.000000176. The lowest BCUT2D eigenvalue weighted by molar-refractivity contribution is 0.669. The molecule has 0 aliphatic heterocycles. The van der Waals surface area contributed by atoms with Gasteiger partial charge in [-0.05, 0) is 217 Å². The smallest absolute Gasteiger partial charge is 0.136 e. The molecule has 20 aromatic carbocycles. The predicted octanol–water partition coefficient (Wildman–Crippen LogP) is 28.7. The van der Waals surface area contributed by atoms with Gasteiger partial charge in [0, 0.05) is 21.5 Å². The van der Waals surface area contributed by atoms with Gasteiger partial charge in [0.1, 0.15) is 22.3 Å². The van der Waals surface area contributed by atoms with Gasteiger partial charge in [0.2, 0.25) is 0 Å². The normalized spacial score (nSPS) is 18.1. The van der Waals surface area contributed by atoms with Crippen LogP contribution in [0.25, 0.3) is 218 Å². The molecule has 0 amide bonds. The summed E-state index contributed by atoms with van der Waals surface area (Å²) >= 11 is 0. The largest absolute Gasteiger partial charge is 0.456 e. The molecule has 0 aliphatic carbocycles. The predicted molar refractivity (Wildman–Crippen MR) is 435 cm³/mol. The fourth-order valence-corrected chi connectivity index (χ4v) is 14.1. The van der Waals surface area contributed by atoms with E-state index in [0.29, 0.717) is 21.9 Å². The highest BCUT2D eigenvalue weighted by molar-refractivity contribution is 6.29. The number of hydrogen-bond donors (Lipinski definition) is 0. The van der Waals surface area contributed by atoms with Gasteiger partial charge in [0.05, 0.1) is 61.7 Å². The zero-order chi connectivity index (χ0) is 106. The number of rotatable bonds is 6. The van der Waals surface area contributed by atoms with Crippen LogP contribution >= 0.6 is 0 Å². The Morgan fingerprint density at radius 3 is 1.35 bits per heavy atom. The maximum absolute atomic E-state index is 9.94. The van der Waals surface area contributed by atoms with E-state index in [0.717, 1.165) is 38.3 Å². The minimum absolute atomic E-state index is 0.0439. The molecule has 2 heterocycles. The Morgan fingerprint density at radius 1 is 0.186 bits per heavy atom. The quantitative estimate of drug-likeness (QED) is 0.155. The van der Waals surface area contributed by atoms with Crippen molar-refractivity contribution in [1.82, 2.24) is 0 Å². The Morgan fingerprint density at radius 2 is 0.647 bits per heavy atom. The minimum atomic E-state index is -1.10. The van der Waals surface area contributed by atoms with Crippen LogP contribution in [0.1, 0.15) is 61.7 Å². The summed E-state index contributed by atoms with van der Waals surface area (Å²) in [5, 5.41) is -4.55. The van der Waals surface area contributed by atoms with Crippen molar-refractivity contribution in [3.63, 3.8) is 0 Å². The molecule has 2 aromatic heterocycles. The third-order valence-electron chi connectivity index (χ3n) is 18.4. The molecule has 0 N–H and O–H groups in total. The van der Waals surface area contributed by atoms with Crippen molar-refractivity contribution in [3.05, 3.63) is 363 Å². The van der Waals surface area contributed by atoms with Crippen LogP contribution in [0.15, 0.2) is 372 Å². The van der Waals surface area contributed by atoms with Crippen molar-refractivity contribution in [1.29, 1.82) is 0 Å². The molecule has 2 nitrogen and oxygen atoms in total. The van der Waals surface area contributed by atoms with Crippen LogP contribution in [0.3, 0.4) is 0 Å². The first-order chi connectivity index (χ1) is 69.3. The maximum Gasteiger partial charge on any atom is 0.136 e. The molecule has 0 unspecified atom stereocenters. The highest BCUT2D eigenvalue weighted by atomic mass is 16.3. The lowest BCUT2D eigenvalue weighted by Gasteiger charge is -2.20. The minimum Gasteiger partial charge on any atom is -0.456 e. The molecular formula is C100H60O2. The number of furan rings is 2. The van der Waals surface area contributed by atoms with Crippen LogP contribution in [0, 0.1) is 0 Å². The summed E-state index contributed by atoms with van der Waals surface area (Å²) in [7, 11) is 0. The van der Waals surface area contributed by atoms with Crippen LogP contribution < -0.4 is 0 Å². The zero-order valence-corrected chi connectivity index (χ0v) is 52.0. The molecule has 0 fully saturated rings. The lowest BCUT2D eigenvalue weighted by atomic mass is 9.83. The summed E-state index contributed by atoms with van der Waals surface area (Å²) in [5.41, 5.74) is -3.15. The summed E-state index contributed by atoms with van der Waals surface area (Å²) < 4.78 is 421. The first-order valence-electron chi connectivity index (χ1n) is 54.0. The average molecular weight is 1340 g/mol. The highest BCUT2D eigenvalue weighted by Crippen LogP contribution is 2.51. The number of hydrogen-bond acceptors (Lipinski definition) is 2. The van der Waals surface area contributed by atoms with Crippen LogP contribution in [0.4, 0.5) is 0 Å². The van der Waals surface area contributed by atoms with Crippen molar-refractivity contribution in [2.75, 3.05) is 0 Å². The molecule has 0 saturated heterocycles. The van der Waals surface area contributed by atoms with E-state index < -0.39 is 397 Å². The zero-order valence-electron chi connectivity index (χ0n) is 97.0. The van der Waals surface area contributed by atoms with Gasteiger partial charge in [-0.3, -0.25) is 0 Å². The van der Waals surface area contributed by atoms with E-state index >= 15 is 0 Å². The SMILES string of the molecule is [2H]c1c([2H])c(-c2c([2H])c([2H])c3c(-c4c5c([2H])c([2H])c([2H])c([2H])c5c(-c5c([2H])c([2H])c([2H])c6c([2H])c([2H])c([2H])c([2H])c56)c5c([2H])c([2H])c([2H])c([2H])c45)c([2H])c([2H])c([2H])c3c2[2H])c2c(oc3c([2H])c([2H])c4c([2H])c([2H])c([2H])c([2H])c4c32)c1[2H].[2H]c1c([2H])c([2H])c2c([2H])c(-c3c4c([2H])c([2H])c([2H])c([2H])c4c(-c4cccc5cc(-c6cccc7oc8ccc9ccccc9c8c67)ccc45)c4c([2H])c([2H])c([2H])c([2H])c34)c([2H])c([2H])c2c1[2H]. The Kier molecular flexibility index (Phi) is 6.53. The highest BCUT2D eigenvalue weighted by Gasteiger charge is 2.24. The van der Waals surface area contributed by atoms with Gasteiger partial charge in [-0.15, -0.1) is 0 Å². The second-order valence-electron chi connectivity index (χ2n) is 23.7. The maximum atomic E-state index is 9.94. The number of benzene rings is 20. The molecule has 0 saturated carbocycles. The first kappa shape index (κ1) is 28.8. The van der Waals surface area contributed by atoms with E-state index in [2.05, 4.69) is 6.07 Å². The second kappa shape index (κ2) is 23.1. The van der Waals surface area contributed by atoms with Crippen molar-refractivity contribution in [2.45, 2.75) is 0 Å². The van der Waals surface area contributed by atoms with E-state index in [-0.39, 0.29) is 32.7 Å². The molecule has 0 spiro atoms. The monoisotopic (exact) mass is 1340 g/mol. The molecule has 0 radical (unpaired) electrons. The van der Waals surface area contributed by atoms with Crippen LogP contribution in [-0.4, -0.2) is 0 Å². The fraction of sp³-hybridized carbons (Fsp3) is 0. The molecule has 22 aromatic rings. The van der Waals surface area contributed by atoms with E-state index in [9.17, 15) is 24.7 Å². The molecule has 0 atom stereocenters. The average Bonchev–Trinajstić information content (AvgIpc) is 1.56. The van der Waals surface area contributed by atoms with Gasteiger partial charge < -0.3 is 8.83 Å². The van der Waals surface area contributed by atoms with E-state index in [4.69, 9.17) is 45.8 Å². The molecule has 0 bridgehead atoms. The summed E-state index contributed by atoms with van der Waals surface area (Å²) in [4.78, 5) is 0. The third-order valence-corrected chi connectivity index (χ3v) is 18.4. The van der Waals surface area contributed by atoms with Crippen LogP contribution in [0.5, 0.6) is 0 Å². The first-order valence-corrected chi connectivity index (χ1v) is 31.5. The second-order valence-corrected chi connectivity index (χ2v) is 23.7. The van der Waals surface area contributed by atoms with Crippen molar-refractivity contribution >= 4 is 152 Å². The van der Waals surface area contributed by atoms with Crippen molar-refractivity contribution in [3.8, 4) is 66.8 Å². The summed E-state index contributed by atoms with van der Waals surface area (Å²) in [5.74, 6) is 0. The summed E-state index contributed by atoms with van der Waals surface area (Å²) in [6.07, 6.45) is 0. The molecule has 22 rings (SSSR count). The van der Waals surface area contributed by atoms with Crippen molar-refractivity contribution in [2.24, 2.45) is 0 Å². The molecular weight excluding hydrogens is 1230 g/mol. The van der Waals surface area contributed by atoms with Gasteiger partial charge in [-0.25, -0.2) is 0 Å². The van der Waals surface area contributed by atoms with E-state index in [1.165, 1.54) is 0 Å². The summed E-state index contributed by atoms with van der Waals surface area (Å²) in [6.45, 7) is 0. The van der Waals surface area contributed by atoms with Crippen molar-refractivity contribution < 1.29 is 70.5 Å². The Bertz CT molecular complexity index is 9960. The van der Waals surface area contributed by atoms with Gasteiger partial charge in [-0.2, -0.15) is 0 Å². The van der Waals surface area contributed by atoms with E-state index in [1.807, 2.05) is 72.8 Å². The molecule has 2 heteroatoms. The fourth-order valence-electron chi connectivity index (χ4n) is 14.1. The topological polar surface area (TPSA) is 26.3 Å². The van der Waals surface area contributed by atoms with Crippen LogP contribution in [-0.2, 0) is 0 Å². The Labute approximate surface area is 650 Å². The molecule has 102 heavy (non-hydrogen) atoms. The van der Waals surface area contributed by atoms with Gasteiger partial charge >= 0.3 is 0 Å². The van der Waals surface area contributed by atoms with Crippen LogP contribution in [0.2, 0.25) is 0 Å². The molecule has 472 valence electrons. The lowest BCUT2D eigenvalue weighted by Crippen LogP contribution is -1.92. The summed E-state index contributed by atoms with van der Waals surface area (Å²) in [6, 6.07) is -9.58. The molecule has 0 aliphatic rings. The Hall–Kier alpha value is -13.4. The van der Waals surface area contributed by atoms with Gasteiger partial charge in [-0.1, -0.05) is 321 Å². The number of fused-ring (bicyclic) bond motifs is 18. The third kappa shape index (κ3) is 9.00. The van der Waals surface area contributed by atoms with Gasteiger partial charge in [0.25, 0.3) is 0 Å².